The fraction of sp³-hybridized carbons (Fsp3) is 0.115. The minimum Gasteiger partial charge on any atom is -0.465 e. The lowest BCUT2D eigenvalue weighted by atomic mass is 10.2. The van der Waals surface area contributed by atoms with Gasteiger partial charge in [-0.05, 0) is 55.5 Å². The number of furan rings is 1. The fourth-order valence-corrected chi connectivity index (χ4v) is 3.48. The molecule has 0 saturated carbocycles. The van der Waals surface area contributed by atoms with Crippen LogP contribution >= 0.6 is 11.8 Å². The van der Waals surface area contributed by atoms with Gasteiger partial charge in [0.25, 0.3) is 11.8 Å². The van der Waals surface area contributed by atoms with Crippen LogP contribution in [-0.4, -0.2) is 30.1 Å². The number of nitrogens with one attached hydrogen (secondary N) is 2. The summed E-state index contributed by atoms with van der Waals surface area (Å²) in [6.07, 6.45) is 6.09. The van der Waals surface area contributed by atoms with Crippen molar-refractivity contribution in [2.24, 2.45) is 0 Å². The summed E-state index contributed by atoms with van der Waals surface area (Å²) >= 11 is 1.54. The van der Waals surface area contributed by atoms with Crippen molar-refractivity contribution in [1.29, 1.82) is 0 Å². The maximum absolute atomic E-state index is 12.9. The number of rotatable bonds is 10. The van der Waals surface area contributed by atoms with Crippen molar-refractivity contribution in [2.75, 3.05) is 17.7 Å². The van der Waals surface area contributed by atoms with Crippen molar-refractivity contribution in [1.82, 2.24) is 5.32 Å². The summed E-state index contributed by atoms with van der Waals surface area (Å²) in [4.78, 5) is 37.8. The highest BCUT2D eigenvalue weighted by Crippen LogP contribution is 2.21. The number of benzene rings is 2. The first-order chi connectivity index (χ1) is 16.5. The molecule has 1 aromatic heterocycles. The Balaban J connectivity index is 1.63. The maximum atomic E-state index is 12.9. The molecule has 0 radical (unpaired) electrons. The van der Waals surface area contributed by atoms with Crippen LogP contribution < -0.4 is 10.6 Å². The van der Waals surface area contributed by atoms with E-state index in [0.29, 0.717) is 29.4 Å². The van der Waals surface area contributed by atoms with Gasteiger partial charge in [0.2, 0.25) is 0 Å². The second-order valence-electron chi connectivity index (χ2n) is 6.84. The second kappa shape index (κ2) is 12.9. The van der Waals surface area contributed by atoms with E-state index in [9.17, 15) is 14.4 Å². The van der Waals surface area contributed by atoms with Gasteiger partial charge in [0.05, 0.1) is 12.9 Å². The minimum atomic E-state index is -0.488. The summed E-state index contributed by atoms with van der Waals surface area (Å²) in [5.41, 5.74) is 1.04. The van der Waals surface area contributed by atoms with E-state index in [1.54, 1.807) is 61.5 Å². The molecule has 0 bridgehead atoms. The van der Waals surface area contributed by atoms with Crippen LogP contribution in [0, 0.1) is 0 Å². The lowest BCUT2D eigenvalue weighted by Crippen LogP contribution is -2.30. The zero-order valence-corrected chi connectivity index (χ0v) is 19.3. The normalized spacial score (nSPS) is 11.3. The molecule has 0 fully saturated rings. The molecule has 2 aromatic carbocycles. The number of anilines is 1. The van der Waals surface area contributed by atoms with E-state index in [2.05, 4.69) is 10.6 Å². The molecule has 2 N–H and O–H groups in total. The molecule has 8 heteroatoms. The summed E-state index contributed by atoms with van der Waals surface area (Å²) in [6.45, 7) is 2.10. The average molecular weight is 477 g/mol. The average Bonchev–Trinajstić information content (AvgIpc) is 3.36. The van der Waals surface area contributed by atoms with Crippen molar-refractivity contribution in [3.05, 3.63) is 102 Å². The van der Waals surface area contributed by atoms with Crippen LogP contribution in [0.1, 0.15) is 23.0 Å². The van der Waals surface area contributed by atoms with Gasteiger partial charge < -0.3 is 19.8 Å². The first-order valence-electron chi connectivity index (χ1n) is 10.5. The molecular weight excluding hydrogens is 452 g/mol. The molecule has 1 heterocycles. The van der Waals surface area contributed by atoms with Crippen molar-refractivity contribution < 1.29 is 23.5 Å². The van der Waals surface area contributed by atoms with Crippen molar-refractivity contribution >= 4 is 41.3 Å². The summed E-state index contributed by atoms with van der Waals surface area (Å²) in [5.74, 6) is -0.221. The molecule has 7 nitrogen and oxygen atoms in total. The number of ether oxygens (including phenoxy) is 1. The van der Waals surface area contributed by atoms with Crippen LogP contribution in [0.15, 0.2) is 100 Å². The third kappa shape index (κ3) is 7.83. The Morgan fingerprint density at radius 2 is 1.76 bits per heavy atom. The van der Waals surface area contributed by atoms with E-state index < -0.39 is 11.8 Å². The molecule has 0 aliphatic heterocycles. The summed E-state index contributed by atoms with van der Waals surface area (Å²) in [6, 6.07) is 19.2. The maximum Gasteiger partial charge on any atom is 0.330 e. The Morgan fingerprint density at radius 1 is 1.00 bits per heavy atom. The third-order valence-corrected chi connectivity index (χ3v) is 5.32. The molecule has 3 rings (SSSR count). The predicted octanol–water partition coefficient (Wildman–Crippen LogP) is 4.90. The molecular formula is C26H24N2O5S. The van der Waals surface area contributed by atoms with Gasteiger partial charge in [-0.25, -0.2) is 4.79 Å². The van der Waals surface area contributed by atoms with Gasteiger partial charge in [-0.15, -0.1) is 11.8 Å². The van der Waals surface area contributed by atoms with Crippen LogP contribution in [-0.2, 0) is 14.3 Å². The molecule has 34 heavy (non-hydrogen) atoms. The zero-order chi connectivity index (χ0) is 24.2. The second-order valence-corrected chi connectivity index (χ2v) is 7.93. The topological polar surface area (TPSA) is 97.6 Å². The molecule has 0 aliphatic rings. The van der Waals surface area contributed by atoms with Crippen molar-refractivity contribution in [3.8, 4) is 0 Å². The van der Waals surface area contributed by atoms with Gasteiger partial charge in [-0.3, -0.25) is 9.59 Å². The number of thioether (sulfide) groups is 1. The van der Waals surface area contributed by atoms with Gasteiger partial charge >= 0.3 is 5.97 Å². The van der Waals surface area contributed by atoms with Crippen LogP contribution in [0.2, 0.25) is 0 Å². The molecule has 174 valence electrons. The van der Waals surface area contributed by atoms with E-state index in [-0.39, 0.29) is 11.7 Å². The van der Waals surface area contributed by atoms with Crippen molar-refractivity contribution in [2.45, 2.75) is 11.8 Å². The number of esters is 1. The van der Waals surface area contributed by atoms with E-state index >= 15 is 0 Å². The highest BCUT2D eigenvalue weighted by atomic mass is 32.2. The van der Waals surface area contributed by atoms with Gasteiger partial charge in [0.15, 0.2) is 0 Å². The Labute approximate surface area is 201 Å². The first kappa shape index (κ1) is 24.6. The quantitative estimate of drug-likeness (QED) is 0.245. The van der Waals surface area contributed by atoms with E-state index in [1.165, 1.54) is 30.2 Å². The SMILES string of the molecule is CCOC(=O)/C=C/CSc1ccc(NC(=O)/C(=C/c2ccco2)NC(=O)c2ccccc2)cc1. The van der Waals surface area contributed by atoms with Gasteiger partial charge in [-0.2, -0.15) is 0 Å². The Kier molecular flexibility index (Phi) is 9.30. The number of carbonyl (C=O) groups is 3. The lowest BCUT2D eigenvalue weighted by molar-refractivity contribution is -0.137. The predicted molar refractivity (Wildman–Crippen MR) is 132 cm³/mol. The molecule has 0 unspecified atom stereocenters. The lowest BCUT2D eigenvalue weighted by Gasteiger charge is -2.11. The molecule has 0 aliphatic carbocycles. The molecule has 0 atom stereocenters. The number of hydrogen-bond donors (Lipinski definition) is 2. The molecule has 3 aromatic rings. The van der Waals surface area contributed by atoms with E-state index in [4.69, 9.17) is 9.15 Å². The van der Waals surface area contributed by atoms with Crippen LogP contribution in [0.5, 0.6) is 0 Å². The molecule has 2 amide bonds. The highest BCUT2D eigenvalue weighted by molar-refractivity contribution is 7.99. The summed E-state index contributed by atoms with van der Waals surface area (Å²) in [5, 5.41) is 5.44. The smallest absolute Gasteiger partial charge is 0.330 e. The summed E-state index contributed by atoms with van der Waals surface area (Å²) in [7, 11) is 0. The third-order valence-electron chi connectivity index (χ3n) is 4.36. The fourth-order valence-electron chi connectivity index (χ4n) is 2.77. The summed E-state index contributed by atoms with van der Waals surface area (Å²) < 4.78 is 10.1. The Morgan fingerprint density at radius 3 is 2.44 bits per heavy atom. The Bertz CT molecular complexity index is 1150. The highest BCUT2D eigenvalue weighted by Gasteiger charge is 2.15. The van der Waals surface area contributed by atoms with Crippen LogP contribution in [0.4, 0.5) is 5.69 Å². The van der Waals surface area contributed by atoms with E-state index in [1.807, 2.05) is 18.2 Å². The monoisotopic (exact) mass is 476 g/mol. The van der Waals surface area contributed by atoms with Crippen molar-refractivity contribution in [3.63, 3.8) is 0 Å². The van der Waals surface area contributed by atoms with Gasteiger partial charge in [0, 0.05) is 34.1 Å². The Hall–Kier alpha value is -4.04. The zero-order valence-electron chi connectivity index (χ0n) is 18.5. The van der Waals surface area contributed by atoms with Gasteiger partial charge in [-0.1, -0.05) is 24.3 Å². The van der Waals surface area contributed by atoms with Crippen LogP contribution in [0.25, 0.3) is 6.08 Å². The number of carbonyl (C=O) groups excluding carboxylic acids is 3. The molecule has 0 spiro atoms. The molecule has 0 saturated heterocycles. The van der Waals surface area contributed by atoms with E-state index in [0.717, 1.165) is 4.90 Å². The number of hydrogen-bond acceptors (Lipinski definition) is 6. The largest absolute Gasteiger partial charge is 0.465 e. The standard InChI is InChI=1S/C26H24N2O5S/c1-2-32-24(29)11-7-17-34-22-14-12-20(13-15-22)27-26(31)23(18-21-10-6-16-33-21)28-25(30)19-8-4-3-5-9-19/h3-16,18H,2,17H2,1H3,(H,27,31)(H,28,30)/b11-7+,23-18-. The van der Waals surface area contributed by atoms with Gasteiger partial charge in [0.1, 0.15) is 11.5 Å². The minimum absolute atomic E-state index is 0.0476. The first-order valence-corrected chi connectivity index (χ1v) is 11.5. The van der Waals surface area contributed by atoms with Crippen LogP contribution in [0.3, 0.4) is 0 Å². The number of amides is 2.